The summed E-state index contributed by atoms with van der Waals surface area (Å²) < 4.78 is 5.41. The summed E-state index contributed by atoms with van der Waals surface area (Å²) in [6.45, 7) is 6.80. The molecule has 1 aromatic heterocycles. The van der Waals surface area contributed by atoms with E-state index in [0.29, 0.717) is 13.1 Å². The number of nitrogens with zero attached hydrogens (tertiary/aromatic N) is 3. The van der Waals surface area contributed by atoms with Gasteiger partial charge in [0, 0.05) is 13.1 Å². The van der Waals surface area contributed by atoms with E-state index in [0.717, 1.165) is 28.7 Å². The molecule has 0 bridgehead atoms. The van der Waals surface area contributed by atoms with Gasteiger partial charge in [-0.3, -0.25) is 4.98 Å². The Bertz CT molecular complexity index is 762. The molecule has 120 valence electrons. The number of para-hydroxylation sites is 2. The van der Waals surface area contributed by atoms with Gasteiger partial charge >= 0.3 is 6.09 Å². The summed E-state index contributed by atoms with van der Waals surface area (Å²) in [7, 11) is 0. The standard InChI is InChI=1S/C18H21N3O2/c1-18(2,3)23-17(22)21-10-8-13(9-11-21)16-12-19-14-6-4-5-7-15(14)20-16/h4-8,12H,9-11H2,1-3H3. The van der Waals surface area contributed by atoms with E-state index < -0.39 is 5.60 Å². The lowest BCUT2D eigenvalue weighted by Gasteiger charge is -2.29. The number of amides is 1. The average molecular weight is 311 g/mol. The zero-order valence-electron chi connectivity index (χ0n) is 13.7. The maximum atomic E-state index is 12.1. The third-order valence-electron chi connectivity index (χ3n) is 3.64. The lowest BCUT2D eigenvalue weighted by molar-refractivity contribution is 0.0270. The van der Waals surface area contributed by atoms with Gasteiger partial charge in [0.05, 0.1) is 22.9 Å². The Morgan fingerprint density at radius 3 is 2.61 bits per heavy atom. The van der Waals surface area contributed by atoms with Crippen LogP contribution in [0.25, 0.3) is 16.6 Å². The molecule has 5 nitrogen and oxygen atoms in total. The van der Waals surface area contributed by atoms with Crippen molar-refractivity contribution in [3.8, 4) is 0 Å². The van der Waals surface area contributed by atoms with E-state index in [2.05, 4.69) is 9.97 Å². The van der Waals surface area contributed by atoms with Crippen molar-refractivity contribution in [2.45, 2.75) is 32.8 Å². The molecule has 0 atom stereocenters. The van der Waals surface area contributed by atoms with Crippen LogP contribution in [0.2, 0.25) is 0 Å². The highest BCUT2D eigenvalue weighted by atomic mass is 16.6. The second-order valence-electron chi connectivity index (χ2n) is 6.65. The van der Waals surface area contributed by atoms with Gasteiger partial charge < -0.3 is 9.64 Å². The van der Waals surface area contributed by atoms with Gasteiger partial charge in [-0.05, 0) is 44.9 Å². The Labute approximate surface area is 136 Å². The van der Waals surface area contributed by atoms with Gasteiger partial charge in [0.2, 0.25) is 0 Å². The molecule has 1 aliphatic heterocycles. The number of hydrogen-bond acceptors (Lipinski definition) is 4. The van der Waals surface area contributed by atoms with Crippen LogP contribution in [0, 0.1) is 0 Å². The maximum absolute atomic E-state index is 12.1. The molecule has 0 fully saturated rings. The van der Waals surface area contributed by atoms with Gasteiger partial charge in [-0.2, -0.15) is 0 Å². The number of fused-ring (bicyclic) bond motifs is 1. The van der Waals surface area contributed by atoms with Gasteiger partial charge in [-0.1, -0.05) is 18.2 Å². The van der Waals surface area contributed by atoms with E-state index in [9.17, 15) is 4.79 Å². The second-order valence-corrected chi connectivity index (χ2v) is 6.65. The molecular formula is C18H21N3O2. The van der Waals surface area contributed by atoms with Gasteiger partial charge in [0.25, 0.3) is 0 Å². The summed E-state index contributed by atoms with van der Waals surface area (Å²) in [5, 5.41) is 0. The fraction of sp³-hybridized carbons (Fsp3) is 0.389. The molecule has 23 heavy (non-hydrogen) atoms. The van der Waals surface area contributed by atoms with Crippen molar-refractivity contribution in [1.82, 2.24) is 14.9 Å². The molecule has 1 amide bonds. The topological polar surface area (TPSA) is 55.3 Å². The molecule has 0 saturated carbocycles. The highest BCUT2D eigenvalue weighted by Gasteiger charge is 2.24. The minimum atomic E-state index is -0.467. The van der Waals surface area contributed by atoms with Crippen molar-refractivity contribution in [3.63, 3.8) is 0 Å². The smallest absolute Gasteiger partial charge is 0.410 e. The van der Waals surface area contributed by atoms with Crippen molar-refractivity contribution in [1.29, 1.82) is 0 Å². The Hall–Kier alpha value is -2.43. The third-order valence-corrected chi connectivity index (χ3v) is 3.64. The highest BCUT2D eigenvalue weighted by molar-refractivity contribution is 5.77. The van der Waals surface area contributed by atoms with Crippen LogP contribution in [0.1, 0.15) is 32.9 Å². The number of benzene rings is 1. The maximum Gasteiger partial charge on any atom is 0.410 e. The van der Waals surface area contributed by atoms with Crippen molar-refractivity contribution in [2.75, 3.05) is 13.1 Å². The molecular weight excluding hydrogens is 290 g/mol. The fourth-order valence-corrected chi connectivity index (χ4v) is 2.51. The van der Waals surface area contributed by atoms with Crippen molar-refractivity contribution < 1.29 is 9.53 Å². The van der Waals surface area contributed by atoms with Crippen LogP contribution < -0.4 is 0 Å². The van der Waals surface area contributed by atoms with Gasteiger partial charge in [-0.15, -0.1) is 0 Å². The minimum Gasteiger partial charge on any atom is -0.444 e. The average Bonchev–Trinajstić information content (AvgIpc) is 2.53. The van der Waals surface area contributed by atoms with Crippen molar-refractivity contribution in [2.24, 2.45) is 0 Å². The number of aromatic nitrogens is 2. The molecule has 1 aliphatic rings. The van der Waals surface area contributed by atoms with Gasteiger partial charge in [-0.25, -0.2) is 9.78 Å². The molecule has 5 heteroatoms. The Morgan fingerprint density at radius 2 is 1.96 bits per heavy atom. The zero-order chi connectivity index (χ0) is 16.4. The van der Waals surface area contributed by atoms with Crippen LogP contribution in [-0.4, -0.2) is 39.7 Å². The normalized spacial score (nSPS) is 15.4. The molecule has 0 spiro atoms. The third kappa shape index (κ3) is 3.67. The summed E-state index contributed by atoms with van der Waals surface area (Å²) >= 11 is 0. The monoisotopic (exact) mass is 311 g/mol. The second kappa shape index (κ2) is 5.99. The largest absolute Gasteiger partial charge is 0.444 e. The van der Waals surface area contributed by atoms with Crippen LogP contribution >= 0.6 is 0 Å². The molecule has 0 unspecified atom stereocenters. The minimum absolute atomic E-state index is 0.266. The van der Waals surface area contributed by atoms with Gasteiger partial charge in [0.15, 0.2) is 0 Å². The van der Waals surface area contributed by atoms with Crippen molar-refractivity contribution in [3.05, 3.63) is 42.2 Å². The first-order valence-electron chi connectivity index (χ1n) is 7.81. The van der Waals surface area contributed by atoms with Crippen molar-refractivity contribution >= 4 is 22.7 Å². The van der Waals surface area contributed by atoms with E-state index in [1.54, 1.807) is 11.1 Å². The zero-order valence-corrected chi connectivity index (χ0v) is 13.7. The van der Waals surface area contributed by atoms with E-state index in [1.165, 1.54) is 0 Å². The molecule has 1 aromatic carbocycles. The number of ether oxygens (including phenoxy) is 1. The van der Waals surface area contributed by atoms with E-state index in [-0.39, 0.29) is 6.09 Å². The predicted octanol–water partition coefficient (Wildman–Crippen LogP) is 3.65. The first-order chi connectivity index (χ1) is 10.9. The van der Waals surface area contributed by atoms with E-state index >= 15 is 0 Å². The molecule has 0 radical (unpaired) electrons. The molecule has 2 heterocycles. The molecule has 0 N–H and O–H groups in total. The summed E-state index contributed by atoms with van der Waals surface area (Å²) in [4.78, 5) is 22.9. The predicted molar refractivity (Wildman–Crippen MR) is 89.9 cm³/mol. The number of carbonyl (C=O) groups excluding carboxylic acids is 1. The molecule has 0 aliphatic carbocycles. The quantitative estimate of drug-likeness (QED) is 0.806. The lowest BCUT2D eigenvalue weighted by Crippen LogP contribution is -2.39. The lowest BCUT2D eigenvalue weighted by atomic mass is 10.1. The summed E-state index contributed by atoms with van der Waals surface area (Å²) in [6, 6.07) is 7.82. The Balaban J connectivity index is 1.74. The highest BCUT2D eigenvalue weighted by Crippen LogP contribution is 2.23. The Morgan fingerprint density at radius 1 is 1.22 bits per heavy atom. The summed E-state index contributed by atoms with van der Waals surface area (Å²) in [5.74, 6) is 0. The number of carbonyl (C=O) groups is 1. The van der Waals surface area contributed by atoms with Crippen LogP contribution in [0.5, 0.6) is 0 Å². The van der Waals surface area contributed by atoms with Crippen LogP contribution in [-0.2, 0) is 4.74 Å². The molecule has 2 aromatic rings. The Kier molecular flexibility index (Phi) is 4.03. The van der Waals surface area contributed by atoms with Crippen LogP contribution in [0.4, 0.5) is 4.79 Å². The SMILES string of the molecule is CC(C)(C)OC(=O)N1CC=C(c2cnc3ccccc3n2)CC1. The van der Waals surface area contributed by atoms with Crippen LogP contribution in [0.3, 0.4) is 0 Å². The van der Waals surface area contributed by atoms with Crippen LogP contribution in [0.15, 0.2) is 36.5 Å². The van der Waals surface area contributed by atoms with Gasteiger partial charge in [0.1, 0.15) is 5.60 Å². The molecule has 0 saturated heterocycles. The summed E-state index contributed by atoms with van der Waals surface area (Å²) in [5.41, 5.74) is 3.32. The molecule has 3 rings (SSSR count). The first kappa shape index (κ1) is 15.5. The number of rotatable bonds is 1. The number of hydrogen-bond donors (Lipinski definition) is 0. The first-order valence-corrected chi connectivity index (χ1v) is 7.81. The van der Waals surface area contributed by atoms with E-state index in [1.807, 2.05) is 51.1 Å². The fourth-order valence-electron chi connectivity index (χ4n) is 2.51. The summed E-state index contributed by atoms with van der Waals surface area (Å²) in [6.07, 6.45) is 4.33. The van der Waals surface area contributed by atoms with E-state index in [4.69, 9.17) is 4.74 Å².